The molecule has 0 saturated carbocycles. The van der Waals surface area contributed by atoms with Gasteiger partial charge >= 0.3 is 0 Å². The van der Waals surface area contributed by atoms with Crippen molar-refractivity contribution in [3.05, 3.63) is 23.9 Å². The minimum Gasteiger partial charge on any atom is -0.478 e. The average molecular weight is 238 g/mol. The van der Waals surface area contributed by atoms with Crippen LogP contribution in [-0.4, -0.2) is 16.6 Å². The standard InChI is InChI=1S/C12H18N2OS/c1-12(2,3)7-8-15-10-6-4-5-9(14-10)11(13)16/h4-6H,7-8H2,1-3H3,(H2,13,16). The molecule has 0 aliphatic rings. The molecule has 4 heteroatoms. The fourth-order valence-electron chi connectivity index (χ4n) is 1.09. The second-order valence-electron chi connectivity index (χ2n) is 4.88. The molecule has 0 bridgehead atoms. The van der Waals surface area contributed by atoms with Crippen molar-refractivity contribution in [3.63, 3.8) is 0 Å². The molecule has 2 N–H and O–H groups in total. The second-order valence-corrected chi connectivity index (χ2v) is 5.32. The Labute approximate surface area is 102 Å². The molecule has 0 aliphatic carbocycles. The van der Waals surface area contributed by atoms with Crippen LogP contribution in [0, 0.1) is 5.41 Å². The molecule has 0 fully saturated rings. The summed E-state index contributed by atoms with van der Waals surface area (Å²) < 4.78 is 5.55. The number of thiocarbonyl (C=S) groups is 1. The van der Waals surface area contributed by atoms with Crippen molar-refractivity contribution in [3.8, 4) is 5.88 Å². The predicted octanol–water partition coefficient (Wildman–Crippen LogP) is 2.53. The maximum atomic E-state index is 5.55. The van der Waals surface area contributed by atoms with E-state index in [0.717, 1.165) is 6.42 Å². The van der Waals surface area contributed by atoms with Crippen LogP contribution in [0.15, 0.2) is 18.2 Å². The molecule has 0 aliphatic heterocycles. The van der Waals surface area contributed by atoms with Crippen molar-refractivity contribution in [2.75, 3.05) is 6.61 Å². The maximum absolute atomic E-state index is 5.55. The van der Waals surface area contributed by atoms with Crippen LogP contribution >= 0.6 is 12.2 Å². The predicted molar refractivity (Wildman–Crippen MR) is 69.7 cm³/mol. The van der Waals surface area contributed by atoms with E-state index in [9.17, 15) is 0 Å². The van der Waals surface area contributed by atoms with Crippen molar-refractivity contribution in [1.29, 1.82) is 0 Å². The summed E-state index contributed by atoms with van der Waals surface area (Å²) >= 11 is 4.85. The van der Waals surface area contributed by atoms with Gasteiger partial charge in [-0.25, -0.2) is 4.98 Å². The monoisotopic (exact) mass is 238 g/mol. The molecule has 1 rings (SSSR count). The first-order valence-corrected chi connectivity index (χ1v) is 5.69. The lowest BCUT2D eigenvalue weighted by atomic mass is 9.93. The number of ether oxygens (including phenoxy) is 1. The van der Waals surface area contributed by atoms with E-state index in [0.29, 0.717) is 23.2 Å². The highest BCUT2D eigenvalue weighted by Crippen LogP contribution is 2.18. The van der Waals surface area contributed by atoms with E-state index in [1.54, 1.807) is 6.07 Å². The zero-order valence-electron chi connectivity index (χ0n) is 9.99. The van der Waals surface area contributed by atoms with Crippen LogP contribution in [0.2, 0.25) is 0 Å². The lowest BCUT2D eigenvalue weighted by molar-refractivity contribution is 0.236. The van der Waals surface area contributed by atoms with E-state index in [1.807, 2.05) is 12.1 Å². The summed E-state index contributed by atoms with van der Waals surface area (Å²) in [4.78, 5) is 4.50. The van der Waals surface area contributed by atoms with E-state index in [4.69, 9.17) is 22.7 Å². The Morgan fingerprint density at radius 2 is 2.12 bits per heavy atom. The van der Waals surface area contributed by atoms with Gasteiger partial charge in [0.1, 0.15) is 10.7 Å². The SMILES string of the molecule is CC(C)(C)CCOc1cccc(C(N)=S)n1. The molecule has 0 unspecified atom stereocenters. The lowest BCUT2D eigenvalue weighted by Crippen LogP contribution is -2.14. The number of pyridine rings is 1. The van der Waals surface area contributed by atoms with Gasteiger partial charge in [0.05, 0.1) is 6.61 Å². The zero-order chi connectivity index (χ0) is 12.2. The summed E-state index contributed by atoms with van der Waals surface area (Å²) in [5.41, 5.74) is 6.36. The van der Waals surface area contributed by atoms with Gasteiger partial charge in [-0.2, -0.15) is 0 Å². The first-order chi connectivity index (χ1) is 7.38. The van der Waals surface area contributed by atoms with Crippen LogP contribution in [0.3, 0.4) is 0 Å². The molecule has 0 saturated heterocycles. The van der Waals surface area contributed by atoms with Crippen LogP contribution < -0.4 is 10.5 Å². The normalized spacial score (nSPS) is 11.2. The number of rotatable bonds is 4. The van der Waals surface area contributed by atoms with Crippen molar-refractivity contribution >= 4 is 17.2 Å². The van der Waals surface area contributed by atoms with Gasteiger partial charge in [0.2, 0.25) is 5.88 Å². The van der Waals surface area contributed by atoms with E-state index in [-0.39, 0.29) is 5.41 Å². The molecule has 1 heterocycles. The third-order valence-electron chi connectivity index (χ3n) is 2.08. The van der Waals surface area contributed by atoms with E-state index < -0.39 is 0 Å². The molecule has 0 atom stereocenters. The number of hydrogen-bond donors (Lipinski definition) is 1. The van der Waals surface area contributed by atoms with E-state index in [2.05, 4.69) is 25.8 Å². The van der Waals surface area contributed by atoms with Gasteiger partial charge < -0.3 is 10.5 Å². The highest BCUT2D eigenvalue weighted by atomic mass is 32.1. The highest BCUT2D eigenvalue weighted by Gasteiger charge is 2.10. The van der Waals surface area contributed by atoms with Crippen molar-refractivity contribution in [2.45, 2.75) is 27.2 Å². The largest absolute Gasteiger partial charge is 0.478 e. The van der Waals surface area contributed by atoms with Gasteiger partial charge in [0, 0.05) is 6.07 Å². The first kappa shape index (κ1) is 12.9. The molecule has 3 nitrogen and oxygen atoms in total. The Morgan fingerprint density at radius 3 is 2.69 bits per heavy atom. The molecular formula is C12H18N2OS. The Hall–Kier alpha value is -1.16. The van der Waals surface area contributed by atoms with Gasteiger partial charge in [0.25, 0.3) is 0 Å². The minimum atomic E-state index is 0.265. The van der Waals surface area contributed by atoms with Crippen LogP contribution in [0.4, 0.5) is 0 Å². The third kappa shape index (κ3) is 4.57. The molecular weight excluding hydrogens is 220 g/mol. The Bertz CT molecular complexity index is 372. The molecule has 1 aromatic heterocycles. The average Bonchev–Trinajstić information content (AvgIpc) is 2.16. The zero-order valence-corrected chi connectivity index (χ0v) is 10.8. The Balaban J connectivity index is 2.55. The van der Waals surface area contributed by atoms with E-state index >= 15 is 0 Å². The molecule has 0 aromatic carbocycles. The van der Waals surface area contributed by atoms with Crippen molar-refractivity contribution < 1.29 is 4.74 Å². The summed E-state index contributed by atoms with van der Waals surface area (Å²) in [6.07, 6.45) is 0.978. The van der Waals surface area contributed by atoms with Crippen molar-refractivity contribution in [1.82, 2.24) is 4.98 Å². The Kier molecular flexibility index (Phi) is 4.24. The topological polar surface area (TPSA) is 48.1 Å². The summed E-state index contributed by atoms with van der Waals surface area (Å²) in [5.74, 6) is 0.578. The highest BCUT2D eigenvalue weighted by molar-refractivity contribution is 7.80. The quantitative estimate of drug-likeness (QED) is 0.819. The maximum Gasteiger partial charge on any atom is 0.213 e. The number of nitrogens with zero attached hydrogens (tertiary/aromatic N) is 1. The van der Waals surface area contributed by atoms with Crippen LogP contribution in [0.5, 0.6) is 5.88 Å². The summed E-state index contributed by atoms with van der Waals surface area (Å²) in [6.45, 7) is 7.18. The van der Waals surface area contributed by atoms with E-state index in [1.165, 1.54) is 0 Å². The number of nitrogens with two attached hydrogens (primary N) is 1. The molecule has 0 spiro atoms. The van der Waals surface area contributed by atoms with Gasteiger partial charge in [-0.15, -0.1) is 0 Å². The van der Waals surface area contributed by atoms with Gasteiger partial charge in [-0.3, -0.25) is 0 Å². The Morgan fingerprint density at radius 1 is 1.44 bits per heavy atom. The molecule has 1 aromatic rings. The van der Waals surface area contributed by atoms with Crippen LogP contribution in [0.1, 0.15) is 32.9 Å². The number of hydrogen-bond acceptors (Lipinski definition) is 3. The minimum absolute atomic E-state index is 0.265. The van der Waals surface area contributed by atoms with Crippen molar-refractivity contribution in [2.24, 2.45) is 11.1 Å². The van der Waals surface area contributed by atoms with Crippen LogP contribution in [0.25, 0.3) is 0 Å². The summed E-state index contributed by atoms with van der Waals surface area (Å²) in [6, 6.07) is 5.43. The summed E-state index contributed by atoms with van der Waals surface area (Å²) in [5, 5.41) is 0. The smallest absolute Gasteiger partial charge is 0.213 e. The van der Waals surface area contributed by atoms with Gasteiger partial charge in [-0.05, 0) is 17.9 Å². The third-order valence-corrected chi connectivity index (χ3v) is 2.29. The number of aromatic nitrogens is 1. The lowest BCUT2D eigenvalue weighted by Gasteiger charge is -2.17. The second kappa shape index (κ2) is 5.25. The molecule has 16 heavy (non-hydrogen) atoms. The van der Waals surface area contributed by atoms with Crippen LogP contribution in [-0.2, 0) is 0 Å². The van der Waals surface area contributed by atoms with Gasteiger partial charge in [-0.1, -0.05) is 39.1 Å². The fraction of sp³-hybridized carbons (Fsp3) is 0.500. The molecule has 0 amide bonds. The van der Waals surface area contributed by atoms with Gasteiger partial charge in [0.15, 0.2) is 0 Å². The molecule has 88 valence electrons. The fourth-order valence-corrected chi connectivity index (χ4v) is 1.21. The first-order valence-electron chi connectivity index (χ1n) is 5.28. The molecule has 0 radical (unpaired) electrons. The summed E-state index contributed by atoms with van der Waals surface area (Å²) in [7, 11) is 0.